The number of nitro groups is 1. The normalized spacial score (nSPS) is 24.0. The zero-order chi connectivity index (χ0) is 15.8. The molecule has 1 aliphatic heterocycles. The van der Waals surface area contributed by atoms with E-state index in [-0.39, 0.29) is 25.3 Å². The largest absolute Gasteiger partial charge is 0.373 e. The maximum atomic E-state index is 13.6. The van der Waals surface area contributed by atoms with E-state index in [4.69, 9.17) is 4.74 Å². The monoisotopic (exact) mass is 318 g/mol. The Kier molecular flexibility index (Phi) is 4.26. The van der Waals surface area contributed by atoms with Crippen LogP contribution in [0.5, 0.6) is 0 Å². The van der Waals surface area contributed by atoms with Gasteiger partial charge in [-0.05, 0) is 26.0 Å². The van der Waals surface area contributed by atoms with Crippen LogP contribution in [0.25, 0.3) is 0 Å². The lowest BCUT2D eigenvalue weighted by Crippen LogP contribution is -2.48. The fourth-order valence-electron chi connectivity index (χ4n) is 2.35. The molecule has 1 saturated heterocycles. The number of morpholine rings is 1. The van der Waals surface area contributed by atoms with Crippen molar-refractivity contribution < 1.29 is 22.5 Å². The minimum atomic E-state index is -4.15. The molecule has 1 heterocycles. The fourth-order valence-corrected chi connectivity index (χ4v) is 4.10. The predicted molar refractivity (Wildman–Crippen MR) is 71.8 cm³/mol. The van der Waals surface area contributed by atoms with Crippen molar-refractivity contribution in [2.24, 2.45) is 0 Å². The molecule has 1 aromatic carbocycles. The highest BCUT2D eigenvalue weighted by molar-refractivity contribution is 7.89. The maximum Gasteiger partial charge on any atom is 0.324 e. The van der Waals surface area contributed by atoms with Gasteiger partial charge in [0.2, 0.25) is 15.8 Å². The fraction of sp³-hybridized carbons (Fsp3) is 0.500. The Bertz CT molecular complexity index is 654. The van der Waals surface area contributed by atoms with E-state index in [0.29, 0.717) is 0 Å². The zero-order valence-corrected chi connectivity index (χ0v) is 12.3. The number of para-hydroxylation sites is 1. The van der Waals surface area contributed by atoms with Gasteiger partial charge in [0.1, 0.15) is 0 Å². The van der Waals surface area contributed by atoms with Gasteiger partial charge in [0.05, 0.1) is 17.1 Å². The van der Waals surface area contributed by atoms with Gasteiger partial charge in [0, 0.05) is 13.1 Å². The van der Waals surface area contributed by atoms with Gasteiger partial charge in [-0.25, -0.2) is 8.42 Å². The van der Waals surface area contributed by atoms with Crippen LogP contribution in [-0.2, 0) is 14.8 Å². The SMILES string of the molecule is CC1CN(S(=O)(=O)c2cccc(F)c2[N+](=O)[O-])CC(C)O1. The molecule has 7 nitrogen and oxygen atoms in total. The number of rotatable bonds is 3. The second kappa shape index (κ2) is 5.66. The highest BCUT2D eigenvalue weighted by atomic mass is 32.2. The van der Waals surface area contributed by atoms with E-state index >= 15 is 0 Å². The first-order valence-corrected chi connectivity index (χ1v) is 7.76. The summed E-state index contributed by atoms with van der Waals surface area (Å²) in [5.41, 5.74) is -1.02. The summed E-state index contributed by atoms with van der Waals surface area (Å²) in [5, 5.41) is 11.0. The minimum Gasteiger partial charge on any atom is -0.373 e. The molecule has 0 amide bonds. The first-order valence-electron chi connectivity index (χ1n) is 6.32. The van der Waals surface area contributed by atoms with Crippen molar-refractivity contribution in [1.82, 2.24) is 4.31 Å². The van der Waals surface area contributed by atoms with E-state index < -0.39 is 31.3 Å². The molecule has 0 bridgehead atoms. The standard InChI is InChI=1S/C12H15FN2O5S/c1-8-6-14(7-9(2)20-8)21(18,19)11-5-3-4-10(13)12(11)15(16)17/h3-5,8-9H,6-7H2,1-2H3. The van der Waals surface area contributed by atoms with Crippen molar-refractivity contribution in [2.45, 2.75) is 31.0 Å². The third-order valence-electron chi connectivity index (χ3n) is 3.14. The number of benzene rings is 1. The first-order chi connectivity index (χ1) is 9.73. The summed E-state index contributed by atoms with van der Waals surface area (Å²) in [4.78, 5) is 9.31. The van der Waals surface area contributed by atoms with E-state index in [1.165, 1.54) is 0 Å². The molecule has 0 spiro atoms. The summed E-state index contributed by atoms with van der Waals surface area (Å²) >= 11 is 0. The zero-order valence-electron chi connectivity index (χ0n) is 11.5. The Morgan fingerprint density at radius 3 is 2.43 bits per heavy atom. The summed E-state index contributed by atoms with van der Waals surface area (Å²) in [6.07, 6.45) is -0.674. The first kappa shape index (κ1) is 15.8. The molecule has 0 saturated carbocycles. The third kappa shape index (κ3) is 3.04. The molecule has 9 heteroatoms. The van der Waals surface area contributed by atoms with Crippen LogP contribution >= 0.6 is 0 Å². The van der Waals surface area contributed by atoms with Crippen molar-refractivity contribution in [3.8, 4) is 0 Å². The molecule has 0 aliphatic carbocycles. The lowest BCUT2D eigenvalue weighted by Gasteiger charge is -2.34. The summed E-state index contributed by atoms with van der Waals surface area (Å²) < 4.78 is 45.2. The van der Waals surface area contributed by atoms with Crippen LogP contribution in [0, 0.1) is 15.9 Å². The van der Waals surface area contributed by atoms with Crippen molar-refractivity contribution in [1.29, 1.82) is 0 Å². The Hall–Kier alpha value is -1.58. The molecule has 0 radical (unpaired) electrons. The van der Waals surface area contributed by atoms with Crippen LogP contribution in [-0.4, -0.2) is 42.9 Å². The van der Waals surface area contributed by atoms with Crippen LogP contribution in [0.4, 0.5) is 10.1 Å². The number of ether oxygens (including phenoxy) is 1. The van der Waals surface area contributed by atoms with E-state index in [2.05, 4.69) is 0 Å². The van der Waals surface area contributed by atoms with E-state index in [1.807, 2.05) is 0 Å². The summed E-state index contributed by atoms with van der Waals surface area (Å²) in [7, 11) is -4.15. The number of hydrogen-bond donors (Lipinski definition) is 0. The van der Waals surface area contributed by atoms with Gasteiger partial charge >= 0.3 is 5.69 Å². The van der Waals surface area contributed by atoms with Crippen LogP contribution in [0.3, 0.4) is 0 Å². The molecule has 116 valence electrons. The maximum absolute atomic E-state index is 13.6. The van der Waals surface area contributed by atoms with E-state index in [9.17, 15) is 22.9 Å². The lowest BCUT2D eigenvalue weighted by atomic mass is 10.3. The molecular weight excluding hydrogens is 303 g/mol. The predicted octanol–water partition coefficient (Wildman–Crippen LogP) is 1.53. The van der Waals surface area contributed by atoms with Crippen LogP contribution in [0.1, 0.15) is 13.8 Å². The average molecular weight is 318 g/mol. The Labute approximate surface area is 121 Å². The van der Waals surface area contributed by atoms with Gasteiger partial charge in [0.15, 0.2) is 4.90 Å². The van der Waals surface area contributed by atoms with Crippen molar-refractivity contribution in [2.75, 3.05) is 13.1 Å². The number of sulfonamides is 1. The smallest absolute Gasteiger partial charge is 0.324 e. The molecule has 1 fully saturated rings. The average Bonchev–Trinajstić information content (AvgIpc) is 2.36. The quantitative estimate of drug-likeness (QED) is 0.623. The molecule has 2 rings (SSSR count). The van der Waals surface area contributed by atoms with E-state index in [1.54, 1.807) is 13.8 Å². The van der Waals surface area contributed by atoms with Crippen LogP contribution < -0.4 is 0 Å². The Balaban J connectivity index is 2.50. The topological polar surface area (TPSA) is 89.8 Å². The highest BCUT2D eigenvalue weighted by Gasteiger charge is 2.37. The van der Waals surface area contributed by atoms with Gasteiger partial charge in [-0.1, -0.05) is 6.07 Å². The number of halogens is 1. The lowest BCUT2D eigenvalue weighted by molar-refractivity contribution is -0.390. The Morgan fingerprint density at radius 1 is 1.33 bits per heavy atom. The highest BCUT2D eigenvalue weighted by Crippen LogP contribution is 2.30. The molecule has 2 atom stereocenters. The third-order valence-corrected chi connectivity index (χ3v) is 5.00. The second-order valence-corrected chi connectivity index (χ2v) is 6.83. The minimum absolute atomic E-state index is 0.0698. The number of nitrogens with zero attached hydrogens (tertiary/aromatic N) is 2. The number of nitro benzene ring substituents is 1. The van der Waals surface area contributed by atoms with Crippen LogP contribution in [0.15, 0.2) is 23.1 Å². The van der Waals surface area contributed by atoms with E-state index in [0.717, 1.165) is 22.5 Å². The molecule has 1 aliphatic rings. The molecule has 21 heavy (non-hydrogen) atoms. The van der Waals surface area contributed by atoms with Crippen molar-refractivity contribution in [3.05, 3.63) is 34.1 Å². The molecular formula is C12H15FN2O5S. The summed E-state index contributed by atoms with van der Waals surface area (Å²) in [5.74, 6) is -1.17. The summed E-state index contributed by atoms with van der Waals surface area (Å²) in [6.45, 7) is 3.55. The van der Waals surface area contributed by atoms with Gasteiger partial charge in [0.25, 0.3) is 0 Å². The molecule has 1 aromatic rings. The van der Waals surface area contributed by atoms with Gasteiger partial charge in [-0.2, -0.15) is 8.70 Å². The van der Waals surface area contributed by atoms with Crippen molar-refractivity contribution >= 4 is 15.7 Å². The molecule has 0 N–H and O–H groups in total. The number of hydrogen-bond acceptors (Lipinski definition) is 5. The van der Waals surface area contributed by atoms with Gasteiger partial charge < -0.3 is 4.74 Å². The summed E-state index contributed by atoms with van der Waals surface area (Å²) in [6, 6.07) is 3.05. The van der Waals surface area contributed by atoms with Gasteiger partial charge in [-0.15, -0.1) is 0 Å². The molecule has 2 unspecified atom stereocenters. The van der Waals surface area contributed by atoms with Crippen molar-refractivity contribution in [3.63, 3.8) is 0 Å². The van der Waals surface area contributed by atoms with Crippen LogP contribution in [0.2, 0.25) is 0 Å². The second-order valence-electron chi connectivity index (χ2n) is 4.92. The molecule has 0 aromatic heterocycles. The van der Waals surface area contributed by atoms with Gasteiger partial charge in [-0.3, -0.25) is 10.1 Å². The Morgan fingerprint density at radius 2 is 1.90 bits per heavy atom.